The summed E-state index contributed by atoms with van der Waals surface area (Å²) in [4.78, 5) is 26.2. The van der Waals surface area contributed by atoms with Crippen LogP contribution in [-0.2, 0) is 4.79 Å². The van der Waals surface area contributed by atoms with E-state index in [1.807, 2.05) is 33.2 Å². The maximum Gasteiger partial charge on any atom is 0.291 e. The van der Waals surface area contributed by atoms with Gasteiger partial charge in [-0.3, -0.25) is 9.59 Å². The molecule has 7 nitrogen and oxygen atoms in total. The quantitative estimate of drug-likeness (QED) is 0.683. The Balaban J connectivity index is 1.72. The minimum absolute atomic E-state index is 0.102. The standard InChI is InChI=1S/C21H23N3O4/c1-13-17-10-9-16(27-4)11-18(17)28-20(13)21(26)23-15-7-5-14(6-8-15)22-19(25)12-24(2)3/h5-11H,12H2,1-4H3,(H,22,25)(H,23,26). The summed E-state index contributed by atoms with van der Waals surface area (Å²) in [6.45, 7) is 2.14. The van der Waals surface area contributed by atoms with Gasteiger partial charge in [-0.1, -0.05) is 0 Å². The number of furan rings is 1. The van der Waals surface area contributed by atoms with E-state index in [1.54, 1.807) is 42.3 Å². The first kappa shape index (κ1) is 19.4. The van der Waals surface area contributed by atoms with E-state index in [2.05, 4.69) is 10.6 Å². The lowest BCUT2D eigenvalue weighted by Gasteiger charge is -2.10. The Bertz CT molecular complexity index is 1010. The Labute approximate surface area is 163 Å². The first-order valence-electron chi connectivity index (χ1n) is 8.80. The number of rotatable bonds is 6. The predicted molar refractivity (Wildman–Crippen MR) is 109 cm³/mol. The SMILES string of the molecule is COc1ccc2c(C)c(C(=O)Nc3ccc(NC(=O)CN(C)C)cc3)oc2c1. The second kappa shape index (κ2) is 8.14. The minimum atomic E-state index is -0.336. The molecule has 3 aromatic rings. The number of anilines is 2. The number of fused-ring (bicyclic) bond motifs is 1. The molecule has 0 aliphatic carbocycles. The first-order valence-corrected chi connectivity index (χ1v) is 8.80. The fourth-order valence-corrected chi connectivity index (χ4v) is 2.86. The Morgan fingerprint density at radius 1 is 1.04 bits per heavy atom. The number of hydrogen-bond acceptors (Lipinski definition) is 5. The molecule has 28 heavy (non-hydrogen) atoms. The molecule has 0 atom stereocenters. The number of methoxy groups -OCH3 is 1. The number of likely N-dealkylation sites (N-methyl/N-ethyl adjacent to an activating group) is 1. The Morgan fingerprint density at radius 3 is 2.29 bits per heavy atom. The first-order chi connectivity index (χ1) is 13.4. The number of carbonyl (C=O) groups excluding carboxylic acids is 2. The van der Waals surface area contributed by atoms with Crippen molar-refractivity contribution in [1.29, 1.82) is 0 Å². The van der Waals surface area contributed by atoms with E-state index in [4.69, 9.17) is 9.15 Å². The predicted octanol–water partition coefficient (Wildman–Crippen LogP) is 3.50. The topological polar surface area (TPSA) is 83.8 Å². The van der Waals surface area contributed by atoms with Gasteiger partial charge in [-0.15, -0.1) is 0 Å². The molecule has 146 valence electrons. The van der Waals surface area contributed by atoms with Crippen molar-refractivity contribution in [2.45, 2.75) is 6.92 Å². The van der Waals surface area contributed by atoms with Gasteiger partial charge in [0.1, 0.15) is 11.3 Å². The highest BCUT2D eigenvalue weighted by Crippen LogP contribution is 2.29. The summed E-state index contributed by atoms with van der Waals surface area (Å²) < 4.78 is 10.9. The third kappa shape index (κ3) is 4.32. The maximum absolute atomic E-state index is 12.6. The lowest BCUT2D eigenvalue weighted by atomic mass is 10.1. The summed E-state index contributed by atoms with van der Waals surface area (Å²) in [7, 11) is 5.24. The molecule has 2 aromatic carbocycles. The highest BCUT2D eigenvalue weighted by Gasteiger charge is 2.18. The zero-order valence-corrected chi connectivity index (χ0v) is 16.3. The molecule has 7 heteroatoms. The molecule has 0 spiro atoms. The van der Waals surface area contributed by atoms with Crippen molar-refractivity contribution in [2.75, 3.05) is 38.4 Å². The number of nitrogens with one attached hydrogen (secondary N) is 2. The van der Waals surface area contributed by atoms with Crippen LogP contribution in [0.2, 0.25) is 0 Å². The highest BCUT2D eigenvalue weighted by molar-refractivity contribution is 6.06. The molecule has 0 aliphatic rings. The molecule has 0 saturated heterocycles. The average Bonchev–Trinajstić information content (AvgIpc) is 2.98. The van der Waals surface area contributed by atoms with Crippen LogP contribution in [-0.4, -0.2) is 44.5 Å². The number of amides is 2. The Morgan fingerprint density at radius 2 is 1.68 bits per heavy atom. The van der Waals surface area contributed by atoms with Gasteiger partial charge in [0.2, 0.25) is 5.91 Å². The van der Waals surface area contributed by atoms with Crippen LogP contribution in [0.3, 0.4) is 0 Å². The number of nitrogens with zero attached hydrogens (tertiary/aromatic N) is 1. The second-order valence-electron chi connectivity index (χ2n) is 6.74. The van der Waals surface area contributed by atoms with Crippen molar-refractivity contribution in [2.24, 2.45) is 0 Å². The van der Waals surface area contributed by atoms with Gasteiger partial charge in [0.15, 0.2) is 5.76 Å². The van der Waals surface area contributed by atoms with Crippen LogP contribution in [0.4, 0.5) is 11.4 Å². The monoisotopic (exact) mass is 381 g/mol. The van der Waals surface area contributed by atoms with Crippen molar-refractivity contribution in [3.8, 4) is 5.75 Å². The number of aryl methyl sites for hydroxylation is 1. The molecule has 1 aromatic heterocycles. The summed E-state index contributed by atoms with van der Waals surface area (Å²) in [5.74, 6) is 0.485. The second-order valence-corrected chi connectivity index (χ2v) is 6.74. The molecule has 0 radical (unpaired) electrons. The van der Waals surface area contributed by atoms with Crippen molar-refractivity contribution >= 4 is 34.2 Å². The van der Waals surface area contributed by atoms with E-state index < -0.39 is 0 Å². The van der Waals surface area contributed by atoms with Crippen LogP contribution in [0.5, 0.6) is 5.75 Å². The van der Waals surface area contributed by atoms with E-state index in [9.17, 15) is 9.59 Å². The number of hydrogen-bond donors (Lipinski definition) is 2. The van der Waals surface area contributed by atoms with Crippen LogP contribution >= 0.6 is 0 Å². The van der Waals surface area contributed by atoms with E-state index >= 15 is 0 Å². The van der Waals surface area contributed by atoms with Crippen LogP contribution in [0.1, 0.15) is 16.1 Å². The smallest absolute Gasteiger partial charge is 0.291 e. The average molecular weight is 381 g/mol. The van der Waals surface area contributed by atoms with Crippen molar-refractivity contribution < 1.29 is 18.7 Å². The Hall–Kier alpha value is -3.32. The molecule has 1 heterocycles. The lowest BCUT2D eigenvalue weighted by Crippen LogP contribution is -2.27. The Kier molecular flexibility index (Phi) is 5.65. The minimum Gasteiger partial charge on any atom is -0.497 e. The van der Waals surface area contributed by atoms with E-state index in [1.165, 1.54) is 0 Å². The molecule has 0 fully saturated rings. The van der Waals surface area contributed by atoms with E-state index in [-0.39, 0.29) is 17.6 Å². The summed E-state index contributed by atoms with van der Waals surface area (Å²) in [6.07, 6.45) is 0. The van der Waals surface area contributed by atoms with Gasteiger partial charge in [-0.2, -0.15) is 0 Å². The maximum atomic E-state index is 12.6. The fraction of sp³-hybridized carbons (Fsp3) is 0.238. The summed E-state index contributed by atoms with van der Waals surface area (Å²) in [6, 6.07) is 12.4. The van der Waals surface area contributed by atoms with Gasteiger partial charge in [0, 0.05) is 28.4 Å². The van der Waals surface area contributed by atoms with Gasteiger partial charge in [0.05, 0.1) is 13.7 Å². The normalized spacial score (nSPS) is 10.9. The van der Waals surface area contributed by atoms with Crippen molar-refractivity contribution in [3.63, 3.8) is 0 Å². The zero-order chi connectivity index (χ0) is 20.3. The molecule has 2 amide bonds. The molecular formula is C21H23N3O4. The lowest BCUT2D eigenvalue weighted by molar-refractivity contribution is -0.116. The zero-order valence-electron chi connectivity index (χ0n) is 16.3. The third-order valence-electron chi connectivity index (χ3n) is 4.24. The molecule has 0 aliphatic heterocycles. The van der Waals surface area contributed by atoms with Crippen molar-refractivity contribution in [3.05, 3.63) is 53.8 Å². The fourth-order valence-electron chi connectivity index (χ4n) is 2.86. The van der Waals surface area contributed by atoms with E-state index in [0.717, 1.165) is 10.9 Å². The number of benzene rings is 2. The largest absolute Gasteiger partial charge is 0.497 e. The molecule has 0 bridgehead atoms. The van der Waals surface area contributed by atoms with Gasteiger partial charge >= 0.3 is 0 Å². The van der Waals surface area contributed by atoms with Crippen LogP contribution in [0.15, 0.2) is 46.9 Å². The van der Waals surface area contributed by atoms with Gasteiger partial charge in [-0.05, 0) is 57.4 Å². The number of ether oxygens (including phenoxy) is 1. The van der Waals surface area contributed by atoms with Gasteiger partial charge in [-0.25, -0.2) is 0 Å². The van der Waals surface area contributed by atoms with Crippen LogP contribution in [0, 0.1) is 6.92 Å². The molecular weight excluding hydrogens is 358 g/mol. The highest BCUT2D eigenvalue weighted by atomic mass is 16.5. The van der Waals surface area contributed by atoms with Crippen LogP contribution < -0.4 is 15.4 Å². The van der Waals surface area contributed by atoms with Crippen LogP contribution in [0.25, 0.3) is 11.0 Å². The van der Waals surface area contributed by atoms with Gasteiger partial charge in [0.25, 0.3) is 5.91 Å². The summed E-state index contributed by atoms with van der Waals surface area (Å²) in [5.41, 5.74) is 2.63. The summed E-state index contributed by atoms with van der Waals surface area (Å²) in [5, 5.41) is 6.48. The third-order valence-corrected chi connectivity index (χ3v) is 4.24. The molecule has 3 rings (SSSR count). The molecule has 0 unspecified atom stereocenters. The van der Waals surface area contributed by atoms with Crippen molar-refractivity contribution in [1.82, 2.24) is 4.90 Å². The number of carbonyl (C=O) groups is 2. The van der Waals surface area contributed by atoms with E-state index in [0.29, 0.717) is 29.3 Å². The summed E-state index contributed by atoms with van der Waals surface area (Å²) >= 11 is 0. The molecule has 0 saturated carbocycles. The van der Waals surface area contributed by atoms with Gasteiger partial charge < -0.3 is 24.7 Å². The molecule has 2 N–H and O–H groups in total.